The maximum Gasteiger partial charge on any atom is 0.0382 e. The lowest BCUT2D eigenvalue weighted by atomic mass is 9.88. The van der Waals surface area contributed by atoms with Crippen molar-refractivity contribution >= 4 is 21.6 Å². The van der Waals surface area contributed by atoms with Gasteiger partial charge in [-0.1, -0.05) is 22.0 Å². The molecule has 17 heavy (non-hydrogen) atoms. The van der Waals surface area contributed by atoms with Crippen LogP contribution in [0.5, 0.6) is 0 Å². The van der Waals surface area contributed by atoms with E-state index in [1.165, 1.54) is 15.7 Å². The van der Waals surface area contributed by atoms with Gasteiger partial charge in [0.1, 0.15) is 0 Å². The van der Waals surface area contributed by atoms with Gasteiger partial charge in [0.25, 0.3) is 0 Å². The fraction of sp³-hybridized carbons (Fsp3) is 0.571. The van der Waals surface area contributed by atoms with Gasteiger partial charge in [0, 0.05) is 28.3 Å². The molecule has 2 nitrogen and oxygen atoms in total. The van der Waals surface area contributed by atoms with Crippen LogP contribution in [0.3, 0.4) is 0 Å². The highest BCUT2D eigenvalue weighted by atomic mass is 79.9. The van der Waals surface area contributed by atoms with Gasteiger partial charge < -0.3 is 10.6 Å². The predicted molar refractivity (Wildman–Crippen MR) is 77.5 cm³/mol. The molecule has 0 radical (unpaired) electrons. The topological polar surface area (TPSA) is 29.3 Å². The monoisotopic (exact) mass is 296 g/mol. The molecule has 3 heteroatoms. The zero-order chi connectivity index (χ0) is 12.6. The fourth-order valence-electron chi connectivity index (χ4n) is 2.45. The largest absolute Gasteiger partial charge is 0.365 e. The van der Waals surface area contributed by atoms with Crippen molar-refractivity contribution < 1.29 is 0 Å². The summed E-state index contributed by atoms with van der Waals surface area (Å²) in [5, 5.41) is 0. The molecule has 1 unspecified atom stereocenters. The summed E-state index contributed by atoms with van der Waals surface area (Å²) >= 11 is 3.61. The van der Waals surface area contributed by atoms with Crippen LogP contribution in [0.2, 0.25) is 0 Å². The van der Waals surface area contributed by atoms with Crippen LogP contribution in [-0.2, 0) is 0 Å². The van der Waals surface area contributed by atoms with Crippen molar-refractivity contribution in [1.82, 2.24) is 0 Å². The third kappa shape index (κ3) is 2.66. The quantitative estimate of drug-likeness (QED) is 0.860. The van der Waals surface area contributed by atoms with E-state index in [0.717, 1.165) is 19.4 Å². The number of piperidine rings is 1. The van der Waals surface area contributed by atoms with Crippen molar-refractivity contribution in [3.05, 3.63) is 28.2 Å². The first-order valence-corrected chi connectivity index (χ1v) is 6.99. The highest BCUT2D eigenvalue weighted by molar-refractivity contribution is 9.10. The molecule has 0 spiro atoms. The zero-order valence-electron chi connectivity index (χ0n) is 10.8. The summed E-state index contributed by atoms with van der Waals surface area (Å²) in [5.41, 5.74) is 8.83. The highest BCUT2D eigenvalue weighted by Crippen LogP contribution is 2.34. The molecule has 94 valence electrons. The molecule has 0 aliphatic carbocycles. The Bertz CT molecular complexity index is 415. The second-order valence-corrected chi connectivity index (χ2v) is 6.51. The Kier molecular flexibility index (Phi) is 3.50. The first kappa shape index (κ1) is 12.9. The molecule has 1 aliphatic rings. The summed E-state index contributed by atoms with van der Waals surface area (Å²) < 4.78 is 1.17. The van der Waals surface area contributed by atoms with Crippen LogP contribution >= 0.6 is 15.9 Å². The Hall–Kier alpha value is -0.540. The number of nitrogens with two attached hydrogens (primary N) is 1. The summed E-state index contributed by atoms with van der Waals surface area (Å²) in [6.45, 7) is 7.66. The molecule has 0 aromatic heterocycles. The number of benzene rings is 1. The molecule has 1 saturated heterocycles. The van der Waals surface area contributed by atoms with E-state index >= 15 is 0 Å². The van der Waals surface area contributed by atoms with Crippen molar-refractivity contribution in [3.8, 4) is 0 Å². The van der Waals surface area contributed by atoms with Gasteiger partial charge in [0.15, 0.2) is 0 Å². The lowest BCUT2D eigenvalue weighted by molar-refractivity contribution is 0.335. The Labute approximate surface area is 112 Å². The molecule has 1 aromatic carbocycles. The minimum Gasteiger partial charge on any atom is -0.365 e. The Morgan fingerprint density at radius 3 is 2.76 bits per heavy atom. The van der Waals surface area contributed by atoms with Crippen molar-refractivity contribution in [3.63, 3.8) is 0 Å². The van der Waals surface area contributed by atoms with E-state index in [1.807, 2.05) is 0 Å². The smallest absolute Gasteiger partial charge is 0.0382 e. The number of nitrogens with zero attached hydrogens (tertiary/aromatic N) is 1. The maximum absolute atomic E-state index is 6.10. The number of hydrogen-bond donors (Lipinski definition) is 1. The minimum absolute atomic E-state index is 0.199. The van der Waals surface area contributed by atoms with Gasteiger partial charge in [-0.25, -0.2) is 0 Å². The Morgan fingerprint density at radius 2 is 2.12 bits per heavy atom. The van der Waals surface area contributed by atoms with Crippen LogP contribution in [-0.4, -0.2) is 18.1 Å². The molecule has 1 aliphatic heterocycles. The summed E-state index contributed by atoms with van der Waals surface area (Å²) in [5.74, 6) is 0. The number of anilines is 1. The third-order valence-electron chi connectivity index (χ3n) is 3.74. The van der Waals surface area contributed by atoms with Crippen LogP contribution in [0.25, 0.3) is 0 Å². The van der Waals surface area contributed by atoms with E-state index < -0.39 is 0 Å². The SMILES string of the molecule is Cc1ccc(N2CC(N)CCC2(C)C)cc1Br. The van der Waals surface area contributed by atoms with Gasteiger partial charge in [-0.3, -0.25) is 0 Å². The minimum atomic E-state index is 0.199. The van der Waals surface area contributed by atoms with E-state index in [-0.39, 0.29) is 5.54 Å². The average Bonchev–Trinajstić information content (AvgIpc) is 2.26. The Morgan fingerprint density at radius 1 is 1.41 bits per heavy atom. The molecule has 0 saturated carbocycles. The zero-order valence-corrected chi connectivity index (χ0v) is 12.4. The van der Waals surface area contributed by atoms with Crippen LogP contribution < -0.4 is 10.6 Å². The molecule has 1 heterocycles. The van der Waals surface area contributed by atoms with Crippen LogP contribution in [0, 0.1) is 6.92 Å². The van der Waals surface area contributed by atoms with Crippen LogP contribution in [0.15, 0.2) is 22.7 Å². The third-order valence-corrected chi connectivity index (χ3v) is 4.60. The molecule has 2 N–H and O–H groups in total. The van der Waals surface area contributed by atoms with E-state index in [0.29, 0.717) is 6.04 Å². The van der Waals surface area contributed by atoms with Gasteiger partial charge in [-0.15, -0.1) is 0 Å². The van der Waals surface area contributed by atoms with Gasteiger partial charge in [0.05, 0.1) is 0 Å². The van der Waals surface area contributed by atoms with Gasteiger partial charge in [0.2, 0.25) is 0 Å². The van der Waals surface area contributed by atoms with E-state index in [9.17, 15) is 0 Å². The van der Waals surface area contributed by atoms with Gasteiger partial charge in [-0.05, 0) is 51.3 Å². The normalized spacial score (nSPS) is 23.8. The molecule has 0 amide bonds. The lowest BCUT2D eigenvalue weighted by Crippen LogP contribution is -2.54. The molecular weight excluding hydrogens is 276 g/mol. The van der Waals surface area contributed by atoms with Crippen molar-refractivity contribution in [2.45, 2.75) is 45.2 Å². The second kappa shape index (κ2) is 4.62. The van der Waals surface area contributed by atoms with Crippen molar-refractivity contribution in [1.29, 1.82) is 0 Å². The average molecular weight is 297 g/mol. The Balaban J connectivity index is 2.33. The van der Waals surface area contributed by atoms with Gasteiger partial charge in [-0.2, -0.15) is 0 Å². The molecule has 1 aromatic rings. The number of halogens is 1. The molecule has 0 bridgehead atoms. The summed E-state index contributed by atoms with van der Waals surface area (Å²) in [7, 11) is 0. The first-order chi connectivity index (χ1) is 7.90. The first-order valence-electron chi connectivity index (χ1n) is 6.19. The van der Waals surface area contributed by atoms with Crippen LogP contribution in [0.4, 0.5) is 5.69 Å². The maximum atomic E-state index is 6.10. The molecular formula is C14H21BrN2. The van der Waals surface area contributed by atoms with E-state index in [4.69, 9.17) is 5.73 Å². The van der Waals surface area contributed by atoms with Crippen LogP contribution in [0.1, 0.15) is 32.3 Å². The summed E-state index contributed by atoms with van der Waals surface area (Å²) in [4.78, 5) is 2.44. The summed E-state index contributed by atoms with van der Waals surface area (Å²) in [6.07, 6.45) is 2.27. The second-order valence-electron chi connectivity index (χ2n) is 5.66. The van der Waals surface area contributed by atoms with Crippen molar-refractivity contribution in [2.24, 2.45) is 5.73 Å². The molecule has 1 atom stereocenters. The number of rotatable bonds is 1. The van der Waals surface area contributed by atoms with Crippen molar-refractivity contribution in [2.75, 3.05) is 11.4 Å². The fourth-order valence-corrected chi connectivity index (χ4v) is 2.82. The van der Waals surface area contributed by atoms with E-state index in [1.54, 1.807) is 0 Å². The predicted octanol–water partition coefficient (Wildman–Crippen LogP) is 3.46. The number of hydrogen-bond acceptors (Lipinski definition) is 2. The molecule has 1 fully saturated rings. The number of aryl methyl sites for hydroxylation is 1. The highest BCUT2D eigenvalue weighted by Gasteiger charge is 2.33. The lowest BCUT2D eigenvalue weighted by Gasteiger charge is -2.46. The van der Waals surface area contributed by atoms with Gasteiger partial charge >= 0.3 is 0 Å². The summed E-state index contributed by atoms with van der Waals surface area (Å²) in [6, 6.07) is 6.85. The standard InChI is InChI=1S/C14H21BrN2/c1-10-4-5-12(8-13(10)15)17-9-11(16)6-7-14(17,2)3/h4-5,8,11H,6-7,9,16H2,1-3H3. The van der Waals surface area contributed by atoms with E-state index in [2.05, 4.69) is 59.8 Å². The molecule has 2 rings (SSSR count).